The predicted molar refractivity (Wildman–Crippen MR) is 123 cm³/mol. The number of rotatable bonds is 12. The maximum atomic E-state index is 13.6. The third-order valence-corrected chi connectivity index (χ3v) is 6.61. The van der Waals surface area contributed by atoms with Crippen molar-refractivity contribution in [1.29, 1.82) is 0 Å². The molecule has 2 rings (SSSR count). The lowest BCUT2D eigenvalue weighted by molar-refractivity contribution is -0.143. The highest BCUT2D eigenvalue weighted by Crippen LogP contribution is 2.40. The summed E-state index contributed by atoms with van der Waals surface area (Å²) >= 11 is 6.20. The van der Waals surface area contributed by atoms with E-state index < -0.39 is 16.0 Å². The number of carbonyl (C=O) groups is 1. The van der Waals surface area contributed by atoms with Crippen LogP contribution in [0.1, 0.15) is 26.7 Å². The van der Waals surface area contributed by atoms with Crippen molar-refractivity contribution in [1.82, 2.24) is 0 Å². The van der Waals surface area contributed by atoms with Crippen LogP contribution in [0.5, 0.6) is 17.2 Å². The lowest BCUT2D eigenvalue weighted by Gasteiger charge is -2.27. The molecule has 0 aliphatic heterocycles. The van der Waals surface area contributed by atoms with Crippen molar-refractivity contribution in [2.75, 3.05) is 38.3 Å². The SMILES string of the molecule is CCOC(=O)CCCN(c1cc(OC)c(Cl)cc1OC)S(=O)(=O)c1ccc(OCC)cc1. The molecule has 0 saturated carbocycles. The van der Waals surface area contributed by atoms with E-state index in [1.54, 1.807) is 19.1 Å². The molecule has 0 aliphatic carbocycles. The standard InChI is InChI=1S/C22H28ClNO7S/c1-5-30-16-9-11-17(12-10-16)32(26,27)24(13-7-8-22(25)31-6-2)19-15-20(28-3)18(23)14-21(19)29-4/h9-12,14-15H,5-8,13H2,1-4H3. The zero-order chi connectivity index (χ0) is 23.7. The first-order valence-corrected chi connectivity index (χ1v) is 11.9. The molecule has 8 nitrogen and oxygen atoms in total. The molecule has 32 heavy (non-hydrogen) atoms. The van der Waals surface area contributed by atoms with Gasteiger partial charge in [0.1, 0.15) is 17.2 Å². The highest BCUT2D eigenvalue weighted by atomic mass is 35.5. The van der Waals surface area contributed by atoms with Crippen LogP contribution >= 0.6 is 11.6 Å². The van der Waals surface area contributed by atoms with E-state index in [0.717, 1.165) is 0 Å². The Morgan fingerprint density at radius 2 is 1.66 bits per heavy atom. The Morgan fingerprint density at radius 1 is 1.00 bits per heavy atom. The second-order valence-corrected chi connectivity index (χ2v) is 8.82. The van der Waals surface area contributed by atoms with Gasteiger partial charge in [-0.3, -0.25) is 9.10 Å². The first kappa shape index (κ1) is 25.6. The quantitative estimate of drug-likeness (QED) is 0.414. The van der Waals surface area contributed by atoms with Gasteiger partial charge in [-0.2, -0.15) is 0 Å². The van der Waals surface area contributed by atoms with Crippen molar-refractivity contribution in [3.63, 3.8) is 0 Å². The molecule has 0 amide bonds. The molecule has 2 aromatic carbocycles. The van der Waals surface area contributed by atoms with Gasteiger partial charge in [-0.05, 0) is 44.5 Å². The van der Waals surface area contributed by atoms with Gasteiger partial charge in [0.15, 0.2) is 0 Å². The number of hydrogen-bond acceptors (Lipinski definition) is 7. The number of halogens is 1. The molecule has 0 atom stereocenters. The van der Waals surface area contributed by atoms with Crippen LogP contribution in [-0.4, -0.2) is 48.4 Å². The summed E-state index contributed by atoms with van der Waals surface area (Å²) in [6.45, 7) is 4.29. The Balaban J connectivity index is 2.49. The number of hydrogen-bond donors (Lipinski definition) is 0. The number of nitrogens with zero attached hydrogens (tertiary/aromatic N) is 1. The molecule has 0 aliphatic rings. The second-order valence-electron chi connectivity index (χ2n) is 6.55. The Hall–Kier alpha value is -2.65. The molecule has 0 saturated heterocycles. The lowest BCUT2D eigenvalue weighted by Crippen LogP contribution is -2.32. The lowest BCUT2D eigenvalue weighted by atomic mass is 10.2. The van der Waals surface area contributed by atoms with Crippen LogP contribution in [-0.2, 0) is 19.6 Å². The van der Waals surface area contributed by atoms with Crippen LogP contribution in [0.25, 0.3) is 0 Å². The van der Waals surface area contributed by atoms with Crippen molar-refractivity contribution >= 4 is 33.3 Å². The Morgan fingerprint density at radius 3 is 2.22 bits per heavy atom. The van der Waals surface area contributed by atoms with E-state index in [1.807, 2.05) is 6.92 Å². The summed E-state index contributed by atoms with van der Waals surface area (Å²) in [5.74, 6) is 0.707. The molecular weight excluding hydrogens is 458 g/mol. The van der Waals surface area contributed by atoms with Crippen molar-refractivity contribution < 1.29 is 32.2 Å². The van der Waals surface area contributed by atoms with Crippen LogP contribution in [0.2, 0.25) is 5.02 Å². The Kier molecular flexibility index (Phi) is 9.46. The zero-order valence-electron chi connectivity index (χ0n) is 18.6. The molecule has 0 unspecified atom stereocenters. The number of carbonyl (C=O) groups excluding carboxylic acids is 1. The summed E-state index contributed by atoms with van der Waals surface area (Å²) in [5.41, 5.74) is 0.242. The minimum Gasteiger partial charge on any atom is -0.495 e. The molecule has 0 spiro atoms. The fraction of sp³-hybridized carbons (Fsp3) is 0.409. The summed E-state index contributed by atoms with van der Waals surface area (Å²) in [7, 11) is -1.17. The number of sulfonamides is 1. The van der Waals surface area contributed by atoms with E-state index >= 15 is 0 Å². The average molecular weight is 486 g/mol. The third kappa shape index (κ3) is 6.20. The third-order valence-electron chi connectivity index (χ3n) is 4.49. The molecule has 0 heterocycles. The van der Waals surface area contributed by atoms with Gasteiger partial charge in [0.05, 0.1) is 43.0 Å². The van der Waals surface area contributed by atoms with Gasteiger partial charge in [0.2, 0.25) is 0 Å². The number of anilines is 1. The minimum atomic E-state index is -4.02. The van der Waals surface area contributed by atoms with E-state index in [2.05, 4.69) is 0 Å². The fourth-order valence-corrected chi connectivity index (χ4v) is 4.75. The molecule has 2 aromatic rings. The monoisotopic (exact) mass is 485 g/mol. The Labute approximate surface area is 194 Å². The summed E-state index contributed by atoms with van der Waals surface area (Å²) in [4.78, 5) is 11.8. The smallest absolute Gasteiger partial charge is 0.305 e. The van der Waals surface area contributed by atoms with Crippen molar-refractivity contribution in [3.05, 3.63) is 41.4 Å². The average Bonchev–Trinajstić information content (AvgIpc) is 2.77. The van der Waals surface area contributed by atoms with Crippen LogP contribution in [0.3, 0.4) is 0 Å². The molecule has 0 radical (unpaired) electrons. The number of methoxy groups -OCH3 is 2. The summed E-state index contributed by atoms with van der Waals surface area (Å²) in [6, 6.07) is 9.11. The largest absolute Gasteiger partial charge is 0.495 e. The molecule has 10 heteroatoms. The van der Waals surface area contributed by atoms with Gasteiger partial charge in [-0.1, -0.05) is 11.6 Å². The molecular formula is C22H28ClNO7S. The topological polar surface area (TPSA) is 91.4 Å². The summed E-state index contributed by atoms with van der Waals surface area (Å²) < 4.78 is 49.4. The number of benzene rings is 2. The second kappa shape index (κ2) is 11.8. The van der Waals surface area contributed by atoms with Crippen molar-refractivity contribution in [2.24, 2.45) is 0 Å². The molecule has 176 valence electrons. The van der Waals surface area contributed by atoms with Gasteiger partial charge < -0.3 is 18.9 Å². The molecule has 0 fully saturated rings. The maximum Gasteiger partial charge on any atom is 0.305 e. The predicted octanol–water partition coefficient (Wildman–Crippen LogP) is 4.29. The van der Waals surface area contributed by atoms with Crippen LogP contribution < -0.4 is 18.5 Å². The van der Waals surface area contributed by atoms with Gasteiger partial charge in [-0.15, -0.1) is 0 Å². The summed E-state index contributed by atoms with van der Waals surface area (Å²) in [5, 5.41) is 0.276. The van der Waals surface area contributed by atoms with Crippen molar-refractivity contribution in [3.8, 4) is 17.2 Å². The molecule has 0 N–H and O–H groups in total. The first-order chi connectivity index (χ1) is 15.3. The molecule has 0 bridgehead atoms. The highest BCUT2D eigenvalue weighted by Gasteiger charge is 2.29. The van der Waals surface area contributed by atoms with Gasteiger partial charge >= 0.3 is 5.97 Å². The van der Waals surface area contributed by atoms with E-state index in [-0.39, 0.29) is 47.3 Å². The number of esters is 1. The van der Waals surface area contributed by atoms with E-state index in [9.17, 15) is 13.2 Å². The minimum absolute atomic E-state index is 0.00943. The number of ether oxygens (including phenoxy) is 4. The maximum absolute atomic E-state index is 13.6. The van der Waals surface area contributed by atoms with Crippen LogP contribution in [0.4, 0.5) is 5.69 Å². The van der Waals surface area contributed by atoms with E-state index in [1.165, 1.54) is 42.8 Å². The zero-order valence-corrected chi connectivity index (χ0v) is 20.2. The van der Waals surface area contributed by atoms with Crippen LogP contribution in [0, 0.1) is 0 Å². The highest BCUT2D eigenvalue weighted by molar-refractivity contribution is 7.92. The fourth-order valence-electron chi connectivity index (χ4n) is 3.01. The summed E-state index contributed by atoms with van der Waals surface area (Å²) in [6.07, 6.45) is 0.305. The van der Waals surface area contributed by atoms with Crippen molar-refractivity contribution in [2.45, 2.75) is 31.6 Å². The molecule has 0 aromatic heterocycles. The Bertz CT molecular complexity index is 1010. The first-order valence-electron chi connectivity index (χ1n) is 10.1. The van der Waals surface area contributed by atoms with E-state index in [4.69, 9.17) is 30.5 Å². The van der Waals surface area contributed by atoms with Gasteiger partial charge in [0.25, 0.3) is 10.0 Å². The van der Waals surface area contributed by atoms with Crippen LogP contribution in [0.15, 0.2) is 41.3 Å². The van der Waals surface area contributed by atoms with E-state index in [0.29, 0.717) is 18.1 Å². The van der Waals surface area contributed by atoms with Gasteiger partial charge in [0, 0.05) is 25.1 Å². The normalized spacial score (nSPS) is 11.0. The van der Waals surface area contributed by atoms with Gasteiger partial charge in [-0.25, -0.2) is 8.42 Å².